The van der Waals surface area contributed by atoms with E-state index >= 15 is 0 Å². The van der Waals surface area contributed by atoms with Crippen LogP contribution in [0.25, 0.3) is 0 Å². The number of amides is 1. The second-order valence-electron chi connectivity index (χ2n) is 4.70. The molecule has 0 heterocycles. The van der Waals surface area contributed by atoms with Gasteiger partial charge in [-0.25, -0.2) is 4.39 Å². The molecule has 0 unspecified atom stereocenters. The minimum absolute atomic E-state index is 0.167. The van der Waals surface area contributed by atoms with E-state index < -0.39 is 0 Å². The van der Waals surface area contributed by atoms with Crippen LogP contribution >= 0.6 is 0 Å². The topological polar surface area (TPSA) is 55.1 Å². The van der Waals surface area contributed by atoms with Crippen LogP contribution < -0.4 is 11.1 Å². The molecule has 2 aromatic rings. The third-order valence-corrected chi connectivity index (χ3v) is 3.10. The number of hydrogen-bond donors (Lipinski definition) is 2. The fourth-order valence-corrected chi connectivity index (χ4v) is 1.90. The van der Waals surface area contributed by atoms with Crippen molar-refractivity contribution in [3.63, 3.8) is 0 Å². The van der Waals surface area contributed by atoms with E-state index in [2.05, 4.69) is 5.32 Å². The van der Waals surface area contributed by atoms with Crippen LogP contribution in [0.2, 0.25) is 0 Å². The predicted molar refractivity (Wildman–Crippen MR) is 77.8 cm³/mol. The second-order valence-corrected chi connectivity index (χ2v) is 4.70. The van der Waals surface area contributed by atoms with Gasteiger partial charge in [0.15, 0.2) is 0 Å². The number of carbonyl (C=O) groups is 1. The lowest BCUT2D eigenvalue weighted by atomic mass is 10.1. The molecule has 0 aliphatic heterocycles. The first-order valence-corrected chi connectivity index (χ1v) is 6.42. The van der Waals surface area contributed by atoms with Crippen molar-refractivity contribution in [2.75, 3.05) is 5.32 Å². The van der Waals surface area contributed by atoms with Gasteiger partial charge < -0.3 is 11.1 Å². The molecule has 0 fully saturated rings. The number of nitrogens with two attached hydrogens (primary N) is 1. The number of rotatable bonds is 4. The molecule has 0 bridgehead atoms. The molecule has 20 heavy (non-hydrogen) atoms. The highest BCUT2D eigenvalue weighted by Gasteiger charge is 2.07. The molecule has 0 spiro atoms. The van der Waals surface area contributed by atoms with Gasteiger partial charge in [-0.1, -0.05) is 30.3 Å². The minimum atomic E-state index is -0.363. The molecule has 0 aliphatic carbocycles. The third kappa shape index (κ3) is 3.65. The molecule has 2 rings (SSSR count). The highest BCUT2D eigenvalue weighted by atomic mass is 19.1. The highest BCUT2D eigenvalue weighted by Crippen LogP contribution is 2.16. The van der Waals surface area contributed by atoms with Crippen molar-refractivity contribution in [3.05, 3.63) is 65.0 Å². The Hall–Kier alpha value is -2.20. The summed E-state index contributed by atoms with van der Waals surface area (Å²) in [5.74, 6) is -0.530. The number of hydrogen-bond acceptors (Lipinski definition) is 2. The van der Waals surface area contributed by atoms with Gasteiger partial charge in [0.25, 0.3) is 0 Å². The largest absolute Gasteiger partial charge is 0.326 e. The summed E-state index contributed by atoms with van der Waals surface area (Å²) in [7, 11) is 0. The zero-order valence-corrected chi connectivity index (χ0v) is 11.3. The molecule has 4 heteroatoms. The van der Waals surface area contributed by atoms with Crippen molar-refractivity contribution in [2.24, 2.45) is 5.73 Å². The standard InChI is InChI=1S/C16H17FN2O/c1-11-2-7-14(17)9-15(11)19-16(20)8-12-3-5-13(10-18)6-4-12/h2-7,9H,8,10,18H2,1H3,(H,19,20). The summed E-state index contributed by atoms with van der Waals surface area (Å²) in [5, 5.41) is 2.72. The molecular formula is C16H17FN2O. The Morgan fingerprint density at radius 3 is 2.45 bits per heavy atom. The van der Waals surface area contributed by atoms with Crippen LogP contribution in [-0.2, 0) is 17.8 Å². The fourth-order valence-electron chi connectivity index (χ4n) is 1.90. The maximum Gasteiger partial charge on any atom is 0.228 e. The van der Waals surface area contributed by atoms with Gasteiger partial charge in [-0.05, 0) is 35.7 Å². The maximum atomic E-state index is 13.1. The first-order valence-electron chi connectivity index (χ1n) is 6.42. The molecule has 104 valence electrons. The van der Waals surface area contributed by atoms with Gasteiger partial charge in [0.1, 0.15) is 5.82 Å². The van der Waals surface area contributed by atoms with Crippen molar-refractivity contribution in [2.45, 2.75) is 19.9 Å². The SMILES string of the molecule is Cc1ccc(F)cc1NC(=O)Cc1ccc(CN)cc1. The number of halogens is 1. The Morgan fingerprint density at radius 1 is 1.15 bits per heavy atom. The van der Waals surface area contributed by atoms with Crippen LogP contribution in [0.3, 0.4) is 0 Å². The number of nitrogens with one attached hydrogen (secondary N) is 1. The number of anilines is 1. The van der Waals surface area contributed by atoms with Crippen LogP contribution in [0.4, 0.5) is 10.1 Å². The Morgan fingerprint density at radius 2 is 1.80 bits per heavy atom. The van der Waals surface area contributed by atoms with E-state index in [1.54, 1.807) is 6.07 Å². The molecule has 0 radical (unpaired) electrons. The average molecular weight is 272 g/mol. The van der Waals surface area contributed by atoms with E-state index in [1.807, 2.05) is 31.2 Å². The lowest BCUT2D eigenvalue weighted by molar-refractivity contribution is -0.115. The van der Waals surface area contributed by atoms with E-state index in [9.17, 15) is 9.18 Å². The van der Waals surface area contributed by atoms with E-state index in [-0.39, 0.29) is 18.1 Å². The molecule has 0 aromatic heterocycles. The van der Waals surface area contributed by atoms with E-state index in [0.717, 1.165) is 16.7 Å². The van der Waals surface area contributed by atoms with E-state index in [4.69, 9.17) is 5.73 Å². The molecule has 0 aliphatic rings. The van der Waals surface area contributed by atoms with E-state index in [0.29, 0.717) is 12.2 Å². The van der Waals surface area contributed by atoms with Crippen LogP contribution in [0.5, 0.6) is 0 Å². The van der Waals surface area contributed by atoms with Gasteiger partial charge >= 0.3 is 0 Å². The first-order chi connectivity index (χ1) is 9.58. The summed E-state index contributed by atoms with van der Waals surface area (Å²) in [6, 6.07) is 11.9. The lowest BCUT2D eigenvalue weighted by Crippen LogP contribution is -2.15. The summed E-state index contributed by atoms with van der Waals surface area (Å²) >= 11 is 0. The summed E-state index contributed by atoms with van der Waals surface area (Å²) in [6.07, 6.45) is 0.251. The van der Waals surface area contributed by atoms with Crippen molar-refractivity contribution in [1.29, 1.82) is 0 Å². The summed E-state index contributed by atoms with van der Waals surface area (Å²) in [5.41, 5.74) is 8.78. The van der Waals surface area contributed by atoms with Crippen molar-refractivity contribution in [3.8, 4) is 0 Å². The highest BCUT2D eigenvalue weighted by molar-refractivity contribution is 5.92. The van der Waals surface area contributed by atoms with Crippen LogP contribution in [0.1, 0.15) is 16.7 Å². The molecule has 3 nitrogen and oxygen atoms in total. The summed E-state index contributed by atoms with van der Waals surface area (Å²) < 4.78 is 13.1. The molecule has 0 atom stereocenters. The minimum Gasteiger partial charge on any atom is -0.326 e. The lowest BCUT2D eigenvalue weighted by Gasteiger charge is -2.09. The Kier molecular flexibility index (Phi) is 4.48. The van der Waals surface area contributed by atoms with Gasteiger partial charge in [0.2, 0.25) is 5.91 Å². The normalized spacial score (nSPS) is 10.3. The summed E-state index contributed by atoms with van der Waals surface area (Å²) in [6.45, 7) is 2.31. The zero-order valence-electron chi connectivity index (χ0n) is 11.3. The van der Waals surface area contributed by atoms with Crippen LogP contribution in [0.15, 0.2) is 42.5 Å². The quantitative estimate of drug-likeness (QED) is 0.899. The second kappa shape index (κ2) is 6.30. The smallest absolute Gasteiger partial charge is 0.228 e. The van der Waals surface area contributed by atoms with Gasteiger partial charge in [-0.3, -0.25) is 4.79 Å². The maximum absolute atomic E-state index is 13.1. The molecule has 2 aromatic carbocycles. The van der Waals surface area contributed by atoms with Crippen LogP contribution in [0, 0.1) is 12.7 Å². The molecule has 0 saturated heterocycles. The first kappa shape index (κ1) is 14.2. The Labute approximate surface area is 117 Å². The van der Waals surface area contributed by atoms with E-state index in [1.165, 1.54) is 12.1 Å². The fraction of sp³-hybridized carbons (Fsp3) is 0.188. The summed E-state index contributed by atoms with van der Waals surface area (Å²) in [4.78, 5) is 11.9. The van der Waals surface area contributed by atoms with Gasteiger partial charge in [0.05, 0.1) is 6.42 Å². The monoisotopic (exact) mass is 272 g/mol. The van der Waals surface area contributed by atoms with Crippen LogP contribution in [-0.4, -0.2) is 5.91 Å². The average Bonchev–Trinajstić information content (AvgIpc) is 2.43. The number of aryl methyl sites for hydroxylation is 1. The van der Waals surface area contributed by atoms with Crippen molar-refractivity contribution < 1.29 is 9.18 Å². The molecule has 1 amide bonds. The molecule has 0 saturated carbocycles. The molecular weight excluding hydrogens is 255 g/mol. The Bertz CT molecular complexity index is 608. The van der Waals surface area contributed by atoms with Gasteiger partial charge in [-0.15, -0.1) is 0 Å². The van der Waals surface area contributed by atoms with Gasteiger partial charge in [-0.2, -0.15) is 0 Å². The number of carbonyl (C=O) groups excluding carboxylic acids is 1. The van der Waals surface area contributed by atoms with Gasteiger partial charge in [0, 0.05) is 12.2 Å². The molecule has 3 N–H and O–H groups in total. The predicted octanol–water partition coefficient (Wildman–Crippen LogP) is 2.77. The number of benzene rings is 2. The Balaban J connectivity index is 2.03. The van der Waals surface area contributed by atoms with Crippen molar-refractivity contribution in [1.82, 2.24) is 0 Å². The van der Waals surface area contributed by atoms with Crippen molar-refractivity contribution >= 4 is 11.6 Å². The zero-order chi connectivity index (χ0) is 14.5. The third-order valence-electron chi connectivity index (χ3n) is 3.10.